The van der Waals surface area contributed by atoms with E-state index in [-0.39, 0.29) is 6.15 Å². The van der Waals surface area contributed by atoms with Crippen molar-refractivity contribution < 1.29 is 38.7 Å². The summed E-state index contributed by atoms with van der Waals surface area (Å²) in [4.78, 5) is 9.45. The Kier molecular flexibility index (Phi) is 19.2. The SMILES string of the molecule is CC(O)C(=O)O.N.[O]=[Ti]. The van der Waals surface area contributed by atoms with Gasteiger partial charge in [0.25, 0.3) is 0 Å². The van der Waals surface area contributed by atoms with E-state index in [0.29, 0.717) is 0 Å². The summed E-state index contributed by atoms with van der Waals surface area (Å²) in [6.45, 7) is 1.20. The summed E-state index contributed by atoms with van der Waals surface area (Å²) in [5, 5.41) is 15.8. The van der Waals surface area contributed by atoms with Gasteiger partial charge in [-0.3, -0.25) is 0 Å². The van der Waals surface area contributed by atoms with Gasteiger partial charge < -0.3 is 16.4 Å². The molecule has 0 rings (SSSR count). The first-order valence-electron chi connectivity index (χ1n) is 1.76. The predicted molar refractivity (Wildman–Crippen MR) is 25.0 cm³/mol. The maximum absolute atomic E-state index is 9.45. The van der Waals surface area contributed by atoms with Gasteiger partial charge in [0, 0.05) is 0 Å². The number of carboxylic acid groups (broad SMARTS) is 1. The van der Waals surface area contributed by atoms with Gasteiger partial charge in [-0.1, -0.05) is 0 Å². The number of aliphatic carboxylic acids is 1. The van der Waals surface area contributed by atoms with E-state index in [0.717, 1.165) is 20.4 Å². The Bertz CT molecular complexity index is 76.2. The van der Waals surface area contributed by atoms with Gasteiger partial charge >= 0.3 is 29.7 Å². The molecule has 1 atom stereocenters. The van der Waals surface area contributed by atoms with Crippen LogP contribution in [0.5, 0.6) is 0 Å². The zero-order valence-corrected chi connectivity index (χ0v) is 6.56. The Morgan fingerprint density at radius 1 is 1.56 bits per heavy atom. The molecule has 0 aliphatic heterocycles. The molecular formula is C3H9NO4Ti. The van der Waals surface area contributed by atoms with Gasteiger partial charge in [0.05, 0.1) is 0 Å². The average Bonchev–Trinajstić information content (AvgIpc) is 1.72. The van der Waals surface area contributed by atoms with Gasteiger partial charge in [0.15, 0.2) is 0 Å². The van der Waals surface area contributed by atoms with Crippen LogP contribution in [0.1, 0.15) is 6.92 Å². The Hall–Kier alpha value is -0.0957. The molecule has 0 saturated heterocycles. The summed E-state index contributed by atoms with van der Waals surface area (Å²) in [5.74, 6) is -1.19. The number of aliphatic hydroxyl groups excluding tert-OH is 1. The second-order valence-corrected chi connectivity index (χ2v) is 1.01. The zero-order chi connectivity index (χ0) is 7.15. The fourth-order valence-electron chi connectivity index (χ4n) is 0. The van der Waals surface area contributed by atoms with Gasteiger partial charge in [-0.05, 0) is 6.92 Å². The summed E-state index contributed by atoms with van der Waals surface area (Å²) in [6, 6.07) is 0. The zero-order valence-electron chi connectivity index (χ0n) is 5.00. The number of hydrogen-bond donors (Lipinski definition) is 3. The van der Waals surface area contributed by atoms with Gasteiger partial charge in [0.2, 0.25) is 0 Å². The first kappa shape index (κ1) is 16.0. The van der Waals surface area contributed by atoms with E-state index >= 15 is 0 Å². The Morgan fingerprint density at radius 2 is 1.67 bits per heavy atom. The predicted octanol–water partition coefficient (Wildman–Crippen LogP) is -0.508. The Balaban J connectivity index is -0.000000109. The molecule has 0 amide bonds. The van der Waals surface area contributed by atoms with Crippen LogP contribution in [0.3, 0.4) is 0 Å². The van der Waals surface area contributed by atoms with Gasteiger partial charge in [-0.25, -0.2) is 4.79 Å². The molecule has 6 heteroatoms. The minimum absolute atomic E-state index is 0. The molecule has 0 heterocycles. The molecule has 9 heavy (non-hydrogen) atoms. The van der Waals surface area contributed by atoms with Crippen molar-refractivity contribution in [2.45, 2.75) is 13.0 Å². The molecule has 0 aromatic rings. The van der Waals surface area contributed by atoms with E-state index in [1.165, 1.54) is 6.92 Å². The molecule has 0 aliphatic carbocycles. The van der Waals surface area contributed by atoms with Crippen molar-refractivity contribution in [1.29, 1.82) is 0 Å². The number of carboxylic acids is 1. The van der Waals surface area contributed by atoms with Crippen LogP contribution in [0.25, 0.3) is 0 Å². The summed E-state index contributed by atoms with van der Waals surface area (Å²) in [5.41, 5.74) is 0. The summed E-state index contributed by atoms with van der Waals surface area (Å²) in [6.07, 6.45) is -1.23. The Morgan fingerprint density at radius 3 is 1.67 bits per heavy atom. The normalized spacial score (nSPS) is 9.44. The quantitative estimate of drug-likeness (QED) is 0.460. The van der Waals surface area contributed by atoms with E-state index in [2.05, 4.69) is 0 Å². The molecule has 0 aliphatic rings. The van der Waals surface area contributed by atoms with E-state index < -0.39 is 12.1 Å². The van der Waals surface area contributed by atoms with Crippen molar-refractivity contribution in [2.75, 3.05) is 0 Å². The van der Waals surface area contributed by atoms with Crippen molar-refractivity contribution in [3.63, 3.8) is 0 Å². The molecule has 0 aromatic carbocycles. The van der Waals surface area contributed by atoms with Gasteiger partial charge in [0.1, 0.15) is 6.10 Å². The van der Waals surface area contributed by atoms with Crippen LogP contribution in [0.2, 0.25) is 0 Å². The number of aliphatic hydroxyl groups is 1. The molecular weight excluding hydrogens is 162 g/mol. The molecule has 5 nitrogen and oxygen atoms in total. The molecule has 0 spiro atoms. The molecule has 0 bridgehead atoms. The number of carbonyl (C=O) groups is 1. The molecule has 1 unspecified atom stereocenters. The third-order valence-corrected chi connectivity index (χ3v) is 0.357. The van der Waals surface area contributed by atoms with Crippen molar-refractivity contribution in [2.24, 2.45) is 0 Å². The summed E-state index contributed by atoms with van der Waals surface area (Å²) in [7, 11) is 0. The van der Waals surface area contributed by atoms with E-state index in [9.17, 15) is 4.79 Å². The summed E-state index contributed by atoms with van der Waals surface area (Å²) < 4.78 is 8.25. The molecule has 0 aromatic heterocycles. The van der Waals surface area contributed by atoms with Crippen molar-refractivity contribution in [1.82, 2.24) is 6.15 Å². The molecule has 0 radical (unpaired) electrons. The third-order valence-electron chi connectivity index (χ3n) is 0.357. The Labute approximate surface area is 64.4 Å². The van der Waals surface area contributed by atoms with Crippen LogP contribution in [-0.2, 0) is 28.5 Å². The van der Waals surface area contributed by atoms with Crippen LogP contribution in [-0.4, -0.2) is 22.3 Å². The third kappa shape index (κ3) is 18.1. The van der Waals surface area contributed by atoms with Crippen molar-refractivity contribution in [3.8, 4) is 0 Å². The van der Waals surface area contributed by atoms with Crippen molar-refractivity contribution >= 4 is 5.97 Å². The van der Waals surface area contributed by atoms with E-state index in [4.69, 9.17) is 13.5 Å². The van der Waals surface area contributed by atoms with Crippen LogP contribution in [0.4, 0.5) is 0 Å². The molecule has 54 valence electrons. The topological polar surface area (TPSA) is 110 Å². The van der Waals surface area contributed by atoms with Crippen LogP contribution < -0.4 is 6.15 Å². The van der Waals surface area contributed by atoms with E-state index in [1.807, 2.05) is 0 Å². The van der Waals surface area contributed by atoms with Crippen molar-refractivity contribution in [3.05, 3.63) is 0 Å². The molecule has 5 N–H and O–H groups in total. The average molecular weight is 171 g/mol. The van der Waals surface area contributed by atoms with Gasteiger partial charge in [-0.2, -0.15) is 0 Å². The van der Waals surface area contributed by atoms with Crippen LogP contribution >= 0.6 is 0 Å². The molecule has 0 saturated carbocycles. The fraction of sp³-hybridized carbons (Fsp3) is 0.667. The monoisotopic (exact) mass is 171 g/mol. The maximum atomic E-state index is 9.45. The number of hydrogen-bond acceptors (Lipinski definition) is 4. The molecule has 0 fully saturated rings. The van der Waals surface area contributed by atoms with Crippen LogP contribution in [0, 0.1) is 0 Å². The minimum atomic E-state index is -1.23. The fourth-order valence-corrected chi connectivity index (χ4v) is 0. The second kappa shape index (κ2) is 10.8. The van der Waals surface area contributed by atoms with Gasteiger partial charge in [-0.15, -0.1) is 0 Å². The summed E-state index contributed by atoms with van der Waals surface area (Å²) >= 11 is 0.750. The number of rotatable bonds is 1. The van der Waals surface area contributed by atoms with Crippen LogP contribution in [0.15, 0.2) is 0 Å². The first-order chi connectivity index (χ1) is 3.64. The first-order valence-corrected chi connectivity index (χ1v) is 2.39. The standard InChI is InChI=1S/C3H6O3.H3N.O.Ti/c1-2(4)3(5)6;;;/h2,4H,1H3,(H,5,6);1H3;;. The second-order valence-electron chi connectivity index (χ2n) is 1.01. The van der Waals surface area contributed by atoms with E-state index in [1.54, 1.807) is 0 Å².